The molecule has 0 radical (unpaired) electrons. The predicted molar refractivity (Wildman–Crippen MR) is 44.2 cm³/mol. The molecule has 1 heterocycles. The molecule has 0 bridgehead atoms. The highest BCUT2D eigenvalue weighted by atomic mass is 16.5. The largest absolute Gasteiger partial charge is 0.501 e. The molecule has 1 atom stereocenters. The van der Waals surface area contributed by atoms with Crippen LogP contribution in [0.3, 0.4) is 0 Å². The summed E-state index contributed by atoms with van der Waals surface area (Å²) in [5, 5.41) is 9.01. The third-order valence-electron chi connectivity index (χ3n) is 1.89. The molecule has 0 unspecified atom stereocenters. The van der Waals surface area contributed by atoms with Crippen LogP contribution in [-0.2, 0) is 4.74 Å². The Balaban J connectivity index is 2.19. The van der Waals surface area contributed by atoms with Gasteiger partial charge in [-0.15, -0.1) is 0 Å². The summed E-state index contributed by atoms with van der Waals surface area (Å²) in [4.78, 5) is 0. The van der Waals surface area contributed by atoms with E-state index in [4.69, 9.17) is 9.84 Å². The van der Waals surface area contributed by atoms with Crippen LogP contribution in [0.15, 0.2) is 11.8 Å². The number of aliphatic hydroxyl groups excluding tert-OH is 1. The van der Waals surface area contributed by atoms with Gasteiger partial charge in [0.1, 0.15) is 0 Å². The second kappa shape index (κ2) is 4.39. The van der Waals surface area contributed by atoms with Gasteiger partial charge in [0.2, 0.25) is 0 Å². The van der Waals surface area contributed by atoms with Crippen molar-refractivity contribution in [1.29, 1.82) is 0 Å². The molecule has 0 aliphatic carbocycles. The Morgan fingerprint density at radius 1 is 1.73 bits per heavy atom. The van der Waals surface area contributed by atoms with Crippen LogP contribution in [0.25, 0.3) is 0 Å². The fourth-order valence-electron chi connectivity index (χ4n) is 1.20. The molecule has 1 N–H and O–H groups in total. The summed E-state index contributed by atoms with van der Waals surface area (Å²) in [6.07, 6.45) is 5.79. The molecule has 64 valence electrons. The first-order chi connectivity index (χ1) is 5.29. The maximum absolute atomic E-state index is 9.01. The molecule has 1 aliphatic rings. The SMILES string of the molecule is C[C@@H](O)CCC1=COCCC1. The molecule has 0 amide bonds. The lowest BCUT2D eigenvalue weighted by Crippen LogP contribution is -2.03. The number of allylic oxidation sites excluding steroid dienone is 1. The molecule has 0 aromatic heterocycles. The smallest absolute Gasteiger partial charge is 0.0876 e. The van der Waals surface area contributed by atoms with Crippen molar-refractivity contribution >= 4 is 0 Å². The molecular weight excluding hydrogens is 140 g/mol. The lowest BCUT2D eigenvalue weighted by Gasteiger charge is -2.13. The van der Waals surface area contributed by atoms with E-state index >= 15 is 0 Å². The molecule has 1 aliphatic heterocycles. The van der Waals surface area contributed by atoms with E-state index in [0.29, 0.717) is 0 Å². The zero-order valence-electron chi connectivity index (χ0n) is 7.05. The summed E-state index contributed by atoms with van der Waals surface area (Å²) in [7, 11) is 0. The highest BCUT2D eigenvalue weighted by Crippen LogP contribution is 2.17. The highest BCUT2D eigenvalue weighted by Gasteiger charge is 2.05. The molecule has 0 spiro atoms. The summed E-state index contributed by atoms with van der Waals surface area (Å²) in [6, 6.07) is 0. The average Bonchev–Trinajstić information content (AvgIpc) is 2.03. The Morgan fingerprint density at radius 2 is 2.55 bits per heavy atom. The van der Waals surface area contributed by atoms with Crippen molar-refractivity contribution < 1.29 is 9.84 Å². The van der Waals surface area contributed by atoms with Gasteiger partial charge in [-0.1, -0.05) is 0 Å². The summed E-state index contributed by atoms with van der Waals surface area (Å²) >= 11 is 0. The topological polar surface area (TPSA) is 29.5 Å². The summed E-state index contributed by atoms with van der Waals surface area (Å²) in [5.74, 6) is 0. The van der Waals surface area contributed by atoms with Gasteiger partial charge in [-0.2, -0.15) is 0 Å². The fourth-order valence-corrected chi connectivity index (χ4v) is 1.20. The van der Waals surface area contributed by atoms with Crippen LogP contribution >= 0.6 is 0 Å². The van der Waals surface area contributed by atoms with E-state index in [-0.39, 0.29) is 6.10 Å². The van der Waals surface area contributed by atoms with Crippen molar-refractivity contribution in [1.82, 2.24) is 0 Å². The van der Waals surface area contributed by atoms with Crippen molar-refractivity contribution in [2.24, 2.45) is 0 Å². The van der Waals surface area contributed by atoms with Crippen LogP contribution < -0.4 is 0 Å². The number of hydrogen-bond donors (Lipinski definition) is 1. The van der Waals surface area contributed by atoms with Crippen LogP contribution in [0.5, 0.6) is 0 Å². The van der Waals surface area contributed by atoms with Crippen molar-refractivity contribution in [2.45, 2.75) is 38.7 Å². The maximum atomic E-state index is 9.01. The molecule has 0 aromatic rings. The molecule has 1 rings (SSSR count). The minimum Gasteiger partial charge on any atom is -0.501 e. The van der Waals surface area contributed by atoms with Gasteiger partial charge in [-0.05, 0) is 38.2 Å². The molecular formula is C9H16O2. The number of ether oxygens (including phenoxy) is 1. The summed E-state index contributed by atoms with van der Waals surface area (Å²) < 4.78 is 5.17. The first-order valence-corrected chi connectivity index (χ1v) is 4.26. The fraction of sp³-hybridized carbons (Fsp3) is 0.778. The van der Waals surface area contributed by atoms with Gasteiger partial charge in [0.15, 0.2) is 0 Å². The summed E-state index contributed by atoms with van der Waals surface area (Å²) in [5.41, 5.74) is 1.34. The first kappa shape index (κ1) is 8.60. The Labute approximate surface area is 67.9 Å². The highest BCUT2D eigenvalue weighted by molar-refractivity contribution is 5.00. The molecule has 2 heteroatoms. The van der Waals surface area contributed by atoms with E-state index in [2.05, 4.69) is 0 Å². The van der Waals surface area contributed by atoms with Gasteiger partial charge in [0.25, 0.3) is 0 Å². The molecule has 2 nitrogen and oxygen atoms in total. The quantitative estimate of drug-likeness (QED) is 0.675. The molecule has 11 heavy (non-hydrogen) atoms. The van der Waals surface area contributed by atoms with Crippen LogP contribution in [0.1, 0.15) is 32.6 Å². The normalized spacial score (nSPS) is 20.4. The second-order valence-electron chi connectivity index (χ2n) is 3.14. The minimum absolute atomic E-state index is 0.183. The van der Waals surface area contributed by atoms with Crippen LogP contribution in [-0.4, -0.2) is 17.8 Å². The van der Waals surface area contributed by atoms with Gasteiger partial charge in [0.05, 0.1) is 19.0 Å². The van der Waals surface area contributed by atoms with E-state index < -0.39 is 0 Å². The Kier molecular flexibility index (Phi) is 3.43. The van der Waals surface area contributed by atoms with Crippen LogP contribution in [0.2, 0.25) is 0 Å². The molecule has 0 fully saturated rings. The number of hydrogen-bond acceptors (Lipinski definition) is 2. The Hall–Kier alpha value is -0.500. The van der Waals surface area contributed by atoms with Crippen molar-refractivity contribution in [2.75, 3.05) is 6.61 Å². The maximum Gasteiger partial charge on any atom is 0.0876 e. The van der Waals surface area contributed by atoms with E-state index in [0.717, 1.165) is 32.3 Å². The van der Waals surface area contributed by atoms with Crippen molar-refractivity contribution in [3.05, 3.63) is 11.8 Å². The monoisotopic (exact) mass is 156 g/mol. The van der Waals surface area contributed by atoms with Gasteiger partial charge >= 0.3 is 0 Å². The van der Waals surface area contributed by atoms with Crippen molar-refractivity contribution in [3.63, 3.8) is 0 Å². The molecule has 0 saturated heterocycles. The van der Waals surface area contributed by atoms with E-state index in [1.807, 2.05) is 13.2 Å². The van der Waals surface area contributed by atoms with Gasteiger partial charge in [0, 0.05) is 0 Å². The van der Waals surface area contributed by atoms with Gasteiger partial charge < -0.3 is 9.84 Å². The zero-order valence-corrected chi connectivity index (χ0v) is 7.05. The average molecular weight is 156 g/mol. The Bertz CT molecular complexity index is 138. The van der Waals surface area contributed by atoms with Crippen LogP contribution in [0, 0.1) is 0 Å². The number of aliphatic hydroxyl groups is 1. The standard InChI is InChI=1S/C9H16O2/c1-8(10)4-5-9-3-2-6-11-7-9/h7-8,10H,2-6H2,1H3/t8-/m1/s1. The zero-order chi connectivity index (χ0) is 8.10. The van der Waals surface area contributed by atoms with E-state index in [1.54, 1.807) is 0 Å². The lowest BCUT2D eigenvalue weighted by molar-refractivity contribution is 0.180. The van der Waals surface area contributed by atoms with Crippen molar-refractivity contribution in [3.8, 4) is 0 Å². The Morgan fingerprint density at radius 3 is 3.09 bits per heavy atom. The molecule has 0 aromatic carbocycles. The lowest BCUT2D eigenvalue weighted by atomic mass is 10.0. The molecule has 0 saturated carbocycles. The number of rotatable bonds is 3. The van der Waals surface area contributed by atoms with E-state index in [9.17, 15) is 0 Å². The second-order valence-corrected chi connectivity index (χ2v) is 3.14. The minimum atomic E-state index is -0.183. The van der Waals surface area contributed by atoms with E-state index in [1.165, 1.54) is 5.57 Å². The summed E-state index contributed by atoms with van der Waals surface area (Å²) in [6.45, 7) is 2.68. The van der Waals surface area contributed by atoms with Gasteiger partial charge in [-0.25, -0.2) is 0 Å². The third-order valence-corrected chi connectivity index (χ3v) is 1.89. The van der Waals surface area contributed by atoms with Gasteiger partial charge in [-0.3, -0.25) is 0 Å². The predicted octanol–water partition coefficient (Wildman–Crippen LogP) is 1.84. The third kappa shape index (κ3) is 3.42. The first-order valence-electron chi connectivity index (χ1n) is 4.26. The van der Waals surface area contributed by atoms with Crippen LogP contribution in [0.4, 0.5) is 0 Å².